The summed E-state index contributed by atoms with van der Waals surface area (Å²) in [6, 6.07) is 0. The number of nitrogens with two attached hydrogens (primary N) is 1. The zero-order chi connectivity index (χ0) is 9.94. The molecule has 5 nitrogen and oxygen atoms in total. The minimum Gasteiger partial charge on any atom is -0.394 e. The van der Waals surface area contributed by atoms with E-state index in [1.807, 2.05) is 6.92 Å². The van der Waals surface area contributed by atoms with E-state index in [0.717, 1.165) is 0 Å². The highest BCUT2D eigenvalue weighted by Crippen LogP contribution is 1.95. The van der Waals surface area contributed by atoms with Crippen molar-refractivity contribution >= 4 is 0 Å². The summed E-state index contributed by atoms with van der Waals surface area (Å²) in [5, 5.41) is 8.46. The molecule has 0 aliphatic carbocycles. The molecular weight excluding hydrogens is 174 g/mol. The molecule has 0 aliphatic heterocycles. The van der Waals surface area contributed by atoms with Crippen LogP contribution < -0.4 is 5.73 Å². The van der Waals surface area contributed by atoms with Crippen LogP contribution in [0.3, 0.4) is 0 Å². The van der Waals surface area contributed by atoms with Gasteiger partial charge in [-0.1, -0.05) is 0 Å². The summed E-state index contributed by atoms with van der Waals surface area (Å²) in [6.07, 6.45) is -0.375. The minimum atomic E-state index is -0.375. The van der Waals surface area contributed by atoms with E-state index in [2.05, 4.69) is 0 Å². The van der Waals surface area contributed by atoms with Crippen molar-refractivity contribution in [3.8, 4) is 0 Å². The average molecular weight is 193 g/mol. The predicted molar refractivity (Wildman–Crippen MR) is 48.3 cm³/mol. The summed E-state index contributed by atoms with van der Waals surface area (Å²) in [7, 11) is 0. The molecule has 1 atom stereocenters. The zero-order valence-electron chi connectivity index (χ0n) is 8.07. The van der Waals surface area contributed by atoms with Gasteiger partial charge < -0.3 is 25.1 Å². The van der Waals surface area contributed by atoms with Gasteiger partial charge in [-0.25, -0.2) is 0 Å². The fourth-order valence-corrected chi connectivity index (χ4v) is 0.774. The van der Waals surface area contributed by atoms with Gasteiger partial charge in [-0.3, -0.25) is 0 Å². The molecule has 13 heavy (non-hydrogen) atoms. The van der Waals surface area contributed by atoms with E-state index in [9.17, 15) is 0 Å². The Morgan fingerprint density at radius 3 is 2.62 bits per heavy atom. The molecule has 80 valence electrons. The van der Waals surface area contributed by atoms with Gasteiger partial charge in [0.05, 0.1) is 26.4 Å². The van der Waals surface area contributed by atoms with E-state index in [1.54, 1.807) is 0 Å². The Bertz CT molecular complexity index is 102. The molecule has 1 unspecified atom stereocenters. The van der Waals surface area contributed by atoms with Crippen LogP contribution in [-0.4, -0.2) is 51.0 Å². The van der Waals surface area contributed by atoms with Crippen LogP contribution in [0, 0.1) is 0 Å². The second kappa shape index (κ2) is 9.88. The topological polar surface area (TPSA) is 73.9 Å². The van der Waals surface area contributed by atoms with Crippen molar-refractivity contribution in [2.24, 2.45) is 5.73 Å². The Kier molecular flexibility index (Phi) is 9.73. The van der Waals surface area contributed by atoms with Crippen molar-refractivity contribution in [2.75, 3.05) is 39.6 Å². The van der Waals surface area contributed by atoms with Gasteiger partial charge in [-0.15, -0.1) is 0 Å². The number of rotatable bonds is 9. The van der Waals surface area contributed by atoms with Crippen LogP contribution in [0.2, 0.25) is 0 Å². The summed E-state index contributed by atoms with van der Waals surface area (Å²) in [4.78, 5) is 0. The first-order valence-electron chi connectivity index (χ1n) is 4.47. The van der Waals surface area contributed by atoms with Crippen molar-refractivity contribution in [3.05, 3.63) is 0 Å². The molecule has 0 rings (SSSR count). The van der Waals surface area contributed by atoms with E-state index in [0.29, 0.717) is 33.0 Å². The van der Waals surface area contributed by atoms with Crippen molar-refractivity contribution in [2.45, 2.75) is 13.2 Å². The molecule has 0 amide bonds. The Balaban J connectivity index is 3.41. The maximum Gasteiger partial charge on any atom is 0.180 e. The van der Waals surface area contributed by atoms with Gasteiger partial charge >= 0.3 is 0 Å². The normalized spacial score (nSPS) is 13.2. The van der Waals surface area contributed by atoms with Gasteiger partial charge in [-0.2, -0.15) is 0 Å². The summed E-state index contributed by atoms with van der Waals surface area (Å²) in [5.41, 5.74) is 5.27. The number of hydrogen-bond donors (Lipinski definition) is 2. The monoisotopic (exact) mass is 193 g/mol. The standard InChI is InChI=1S/C8H19NO4/c1-2-12-8(13-5-3-9)7-11-6-4-10/h8,10H,2-7,9H2,1H3. The van der Waals surface area contributed by atoms with Gasteiger partial charge in [0.1, 0.15) is 0 Å². The van der Waals surface area contributed by atoms with Gasteiger partial charge in [0.2, 0.25) is 0 Å². The van der Waals surface area contributed by atoms with Crippen molar-refractivity contribution in [3.63, 3.8) is 0 Å². The van der Waals surface area contributed by atoms with E-state index >= 15 is 0 Å². The molecule has 0 spiro atoms. The molecule has 0 heterocycles. The maximum absolute atomic E-state index is 8.46. The van der Waals surface area contributed by atoms with Crippen molar-refractivity contribution < 1.29 is 19.3 Å². The van der Waals surface area contributed by atoms with Crippen LogP contribution in [0.5, 0.6) is 0 Å². The fourth-order valence-electron chi connectivity index (χ4n) is 0.774. The lowest BCUT2D eigenvalue weighted by molar-refractivity contribution is -0.169. The molecule has 0 aromatic rings. The van der Waals surface area contributed by atoms with E-state index < -0.39 is 0 Å². The summed E-state index contributed by atoms with van der Waals surface area (Å²) in [6.45, 7) is 4.00. The molecule has 0 aromatic heterocycles. The lowest BCUT2D eigenvalue weighted by Gasteiger charge is -2.16. The van der Waals surface area contributed by atoms with Gasteiger partial charge in [0.15, 0.2) is 6.29 Å². The number of aliphatic hydroxyl groups excluding tert-OH is 1. The van der Waals surface area contributed by atoms with Crippen LogP contribution in [0.25, 0.3) is 0 Å². The first-order valence-corrected chi connectivity index (χ1v) is 4.47. The molecule has 0 fully saturated rings. The summed E-state index contributed by atoms with van der Waals surface area (Å²) < 4.78 is 15.5. The Morgan fingerprint density at radius 2 is 2.08 bits per heavy atom. The highest BCUT2D eigenvalue weighted by molar-refractivity contribution is 4.43. The molecule has 0 saturated carbocycles. The SMILES string of the molecule is CCOC(COCCO)OCCN. The van der Waals surface area contributed by atoms with Gasteiger partial charge in [0.25, 0.3) is 0 Å². The lowest BCUT2D eigenvalue weighted by atomic mass is 10.6. The third-order valence-corrected chi connectivity index (χ3v) is 1.26. The number of aliphatic hydroxyl groups is 1. The molecule has 0 bridgehead atoms. The van der Waals surface area contributed by atoms with E-state index in [1.165, 1.54) is 0 Å². The van der Waals surface area contributed by atoms with Crippen molar-refractivity contribution in [1.29, 1.82) is 0 Å². The molecule has 0 aliphatic rings. The minimum absolute atomic E-state index is 0.00966. The average Bonchev–Trinajstić information content (AvgIpc) is 2.14. The zero-order valence-corrected chi connectivity index (χ0v) is 8.07. The quantitative estimate of drug-likeness (QED) is 0.375. The smallest absolute Gasteiger partial charge is 0.180 e. The van der Waals surface area contributed by atoms with Crippen molar-refractivity contribution in [1.82, 2.24) is 0 Å². The number of hydrogen-bond acceptors (Lipinski definition) is 5. The van der Waals surface area contributed by atoms with Gasteiger partial charge in [0, 0.05) is 13.2 Å². The number of ether oxygens (including phenoxy) is 3. The first-order chi connectivity index (χ1) is 6.35. The highest BCUT2D eigenvalue weighted by Gasteiger charge is 2.07. The Morgan fingerprint density at radius 1 is 1.31 bits per heavy atom. The fraction of sp³-hybridized carbons (Fsp3) is 1.00. The van der Waals surface area contributed by atoms with Crippen LogP contribution in [0.15, 0.2) is 0 Å². The molecule has 0 saturated heterocycles. The Labute approximate surface area is 78.8 Å². The van der Waals surface area contributed by atoms with Crippen LogP contribution in [-0.2, 0) is 14.2 Å². The van der Waals surface area contributed by atoms with E-state index in [4.69, 9.17) is 25.1 Å². The molecular formula is C8H19NO4. The van der Waals surface area contributed by atoms with Crippen LogP contribution in [0.1, 0.15) is 6.92 Å². The molecule has 5 heteroatoms. The molecule has 0 aromatic carbocycles. The third kappa shape index (κ3) is 8.14. The molecule has 3 N–H and O–H groups in total. The first kappa shape index (κ1) is 12.8. The largest absolute Gasteiger partial charge is 0.394 e. The lowest BCUT2D eigenvalue weighted by Crippen LogP contribution is -2.26. The predicted octanol–water partition coefficient (Wildman–Crippen LogP) is -0.667. The second-order valence-corrected chi connectivity index (χ2v) is 2.34. The summed E-state index contributed by atoms with van der Waals surface area (Å²) in [5.74, 6) is 0. The van der Waals surface area contributed by atoms with Crippen LogP contribution in [0.4, 0.5) is 0 Å². The summed E-state index contributed by atoms with van der Waals surface area (Å²) >= 11 is 0. The van der Waals surface area contributed by atoms with E-state index in [-0.39, 0.29) is 12.9 Å². The highest BCUT2D eigenvalue weighted by atomic mass is 16.7. The Hall–Kier alpha value is -0.200. The second-order valence-electron chi connectivity index (χ2n) is 2.34. The third-order valence-electron chi connectivity index (χ3n) is 1.26. The maximum atomic E-state index is 8.46. The molecule has 0 radical (unpaired) electrons. The van der Waals surface area contributed by atoms with Gasteiger partial charge in [-0.05, 0) is 6.92 Å². The van der Waals surface area contributed by atoms with Crippen LogP contribution >= 0.6 is 0 Å².